The molecule has 126 valence electrons. The number of Topliss-reactive ketones (excluding diaryl/α,β-unsaturated/α-hetero) is 1. The lowest BCUT2D eigenvalue weighted by molar-refractivity contribution is 0.0980. The van der Waals surface area contributed by atoms with Gasteiger partial charge in [-0.15, -0.1) is 0 Å². The van der Waals surface area contributed by atoms with Gasteiger partial charge < -0.3 is 15.3 Å². The minimum atomic E-state index is -0.181. The number of benzene rings is 2. The second-order valence-corrected chi connectivity index (χ2v) is 6.03. The number of carbonyl (C=O) groups excluding carboxylic acids is 1. The lowest BCUT2D eigenvalue weighted by Gasteiger charge is -2.10. The lowest BCUT2D eigenvalue weighted by atomic mass is 9.97. The molecule has 24 heavy (non-hydrogen) atoms. The molecule has 0 spiro atoms. The van der Waals surface area contributed by atoms with Gasteiger partial charge in [0, 0.05) is 12.0 Å². The molecule has 0 aliphatic carbocycles. The highest BCUT2D eigenvalue weighted by Crippen LogP contribution is 2.32. The first kappa shape index (κ1) is 17.6. The number of carbonyl (C=O) groups is 1. The van der Waals surface area contributed by atoms with E-state index in [9.17, 15) is 20.1 Å². The summed E-state index contributed by atoms with van der Waals surface area (Å²) >= 11 is 0. The van der Waals surface area contributed by atoms with Crippen LogP contribution in [0.1, 0.15) is 41.8 Å². The van der Waals surface area contributed by atoms with E-state index in [-0.39, 0.29) is 35.0 Å². The number of aromatic hydroxyl groups is 3. The van der Waals surface area contributed by atoms with Crippen molar-refractivity contribution in [3.63, 3.8) is 0 Å². The van der Waals surface area contributed by atoms with Crippen LogP contribution in [-0.4, -0.2) is 21.1 Å². The summed E-state index contributed by atoms with van der Waals surface area (Å²) < 4.78 is 0. The number of phenolic OH excluding ortho intramolecular Hbond substituents is 3. The van der Waals surface area contributed by atoms with E-state index in [0.29, 0.717) is 18.4 Å². The fourth-order valence-electron chi connectivity index (χ4n) is 2.41. The normalized spacial score (nSPS) is 10.4. The molecule has 2 aromatic rings. The molecule has 0 saturated carbocycles. The van der Waals surface area contributed by atoms with Gasteiger partial charge in [-0.3, -0.25) is 4.79 Å². The molecule has 0 bridgehead atoms. The van der Waals surface area contributed by atoms with Gasteiger partial charge in [0.2, 0.25) is 0 Å². The summed E-state index contributed by atoms with van der Waals surface area (Å²) in [6.45, 7) is 3.86. The zero-order valence-electron chi connectivity index (χ0n) is 13.9. The van der Waals surface area contributed by atoms with Crippen LogP contribution in [0.4, 0.5) is 0 Å². The van der Waals surface area contributed by atoms with Crippen LogP contribution in [-0.2, 0) is 12.8 Å². The average molecular weight is 326 g/mol. The molecular weight excluding hydrogens is 304 g/mol. The van der Waals surface area contributed by atoms with E-state index in [0.717, 1.165) is 11.1 Å². The quantitative estimate of drug-likeness (QED) is 0.551. The van der Waals surface area contributed by atoms with Crippen molar-refractivity contribution in [3.05, 3.63) is 64.7 Å². The van der Waals surface area contributed by atoms with Gasteiger partial charge in [0.25, 0.3) is 0 Å². The average Bonchev–Trinajstić information content (AvgIpc) is 2.53. The minimum Gasteiger partial charge on any atom is -0.508 e. The highest BCUT2D eigenvalue weighted by atomic mass is 16.3. The molecule has 0 unspecified atom stereocenters. The van der Waals surface area contributed by atoms with E-state index >= 15 is 0 Å². The number of ketones is 1. The highest BCUT2D eigenvalue weighted by molar-refractivity contribution is 5.99. The van der Waals surface area contributed by atoms with Crippen LogP contribution in [0.15, 0.2) is 48.0 Å². The van der Waals surface area contributed by atoms with Gasteiger partial charge in [-0.25, -0.2) is 0 Å². The summed E-state index contributed by atoms with van der Waals surface area (Å²) in [5, 5.41) is 29.5. The van der Waals surface area contributed by atoms with Gasteiger partial charge in [-0.2, -0.15) is 0 Å². The van der Waals surface area contributed by atoms with Gasteiger partial charge in [-0.1, -0.05) is 23.8 Å². The second-order valence-electron chi connectivity index (χ2n) is 6.03. The van der Waals surface area contributed by atoms with Crippen LogP contribution in [0.25, 0.3) is 0 Å². The summed E-state index contributed by atoms with van der Waals surface area (Å²) in [5.41, 5.74) is 2.59. The Morgan fingerprint density at radius 2 is 1.67 bits per heavy atom. The third-order valence-corrected chi connectivity index (χ3v) is 3.85. The number of hydrogen-bond acceptors (Lipinski definition) is 4. The molecule has 2 rings (SSSR count). The van der Waals surface area contributed by atoms with Crippen LogP contribution in [0.2, 0.25) is 0 Å². The molecule has 0 amide bonds. The third kappa shape index (κ3) is 4.38. The van der Waals surface area contributed by atoms with Crippen molar-refractivity contribution in [3.8, 4) is 17.2 Å². The first-order chi connectivity index (χ1) is 11.4. The molecule has 4 heteroatoms. The Kier molecular flexibility index (Phi) is 5.64. The zero-order chi connectivity index (χ0) is 17.7. The lowest BCUT2D eigenvalue weighted by Crippen LogP contribution is -2.03. The predicted octanol–water partition coefficient (Wildman–Crippen LogP) is 4.13. The molecule has 0 heterocycles. The van der Waals surface area contributed by atoms with E-state index in [1.807, 2.05) is 19.9 Å². The van der Waals surface area contributed by atoms with E-state index < -0.39 is 0 Å². The van der Waals surface area contributed by atoms with E-state index in [4.69, 9.17) is 0 Å². The van der Waals surface area contributed by atoms with Crippen molar-refractivity contribution in [1.82, 2.24) is 0 Å². The standard InChI is InChI=1S/C20H22O4/c1-13(2)3-9-16-19(23)12-10-17(20(16)24)18(22)11-6-14-4-7-15(21)8-5-14/h3-5,7-8,10,12,21,23-24H,6,9,11H2,1-2H3. The Hall–Kier alpha value is -2.75. The van der Waals surface area contributed by atoms with Gasteiger partial charge in [0.05, 0.1) is 5.56 Å². The topological polar surface area (TPSA) is 77.8 Å². The molecule has 2 aromatic carbocycles. The SMILES string of the molecule is CC(C)=CCc1c(O)ccc(C(=O)CCc2ccc(O)cc2)c1O. The van der Waals surface area contributed by atoms with Crippen molar-refractivity contribution < 1.29 is 20.1 Å². The predicted molar refractivity (Wildman–Crippen MR) is 93.7 cm³/mol. The maximum absolute atomic E-state index is 12.4. The number of aryl methyl sites for hydroxylation is 1. The highest BCUT2D eigenvalue weighted by Gasteiger charge is 2.17. The number of rotatable bonds is 6. The van der Waals surface area contributed by atoms with E-state index in [1.54, 1.807) is 24.3 Å². The zero-order valence-corrected chi connectivity index (χ0v) is 13.9. The number of phenols is 3. The van der Waals surface area contributed by atoms with Gasteiger partial charge in [0.15, 0.2) is 5.78 Å². The molecule has 3 N–H and O–H groups in total. The Morgan fingerprint density at radius 3 is 2.29 bits per heavy atom. The number of allylic oxidation sites excluding steroid dienone is 2. The molecular formula is C20H22O4. The fraction of sp³-hybridized carbons (Fsp3) is 0.250. The summed E-state index contributed by atoms with van der Waals surface area (Å²) in [4.78, 5) is 12.4. The molecule has 4 nitrogen and oxygen atoms in total. The van der Waals surface area contributed by atoms with Crippen molar-refractivity contribution in [1.29, 1.82) is 0 Å². The summed E-state index contributed by atoms with van der Waals surface area (Å²) in [5.74, 6) is -0.160. The molecule has 0 aliphatic rings. The molecule has 0 aromatic heterocycles. The van der Waals surface area contributed by atoms with Crippen molar-refractivity contribution in [2.75, 3.05) is 0 Å². The Bertz CT molecular complexity index is 754. The second kappa shape index (κ2) is 7.68. The smallest absolute Gasteiger partial charge is 0.166 e. The summed E-state index contributed by atoms with van der Waals surface area (Å²) in [7, 11) is 0. The Morgan fingerprint density at radius 1 is 1.00 bits per heavy atom. The molecule has 0 saturated heterocycles. The largest absolute Gasteiger partial charge is 0.508 e. The molecule has 0 fully saturated rings. The minimum absolute atomic E-state index is 0.0138. The molecule has 0 atom stereocenters. The number of hydrogen-bond donors (Lipinski definition) is 3. The fourth-order valence-corrected chi connectivity index (χ4v) is 2.41. The van der Waals surface area contributed by atoms with Crippen molar-refractivity contribution >= 4 is 5.78 Å². The first-order valence-corrected chi connectivity index (χ1v) is 7.86. The van der Waals surface area contributed by atoms with Crippen molar-refractivity contribution in [2.45, 2.75) is 33.1 Å². The third-order valence-electron chi connectivity index (χ3n) is 3.85. The summed E-state index contributed by atoms with van der Waals surface area (Å²) in [6, 6.07) is 9.58. The Balaban J connectivity index is 2.15. The van der Waals surface area contributed by atoms with Gasteiger partial charge in [-0.05, 0) is 56.5 Å². The van der Waals surface area contributed by atoms with E-state index in [2.05, 4.69) is 0 Å². The van der Waals surface area contributed by atoms with Crippen LogP contribution in [0, 0.1) is 0 Å². The van der Waals surface area contributed by atoms with Crippen LogP contribution < -0.4 is 0 Å². The van der Waals surface area contributed by atoms with E-state index in [1.165, 1.54) is 12.1 Å². The first-order valence-electron chi connectivity index (χ1n) is 7.86. The van der Waals surface area contributed by atoms with Crippen LogP contribution in [0.5, 0.6) is 17.2 Å². The van der Waals surface area contributed by atoms with Crippen LogP contribution >= 0.6 is 0 Å². The van der Waals surface area contributed by atoms with Crippen LogP contribution in [0.3, 0.4) is 0 Å². The maximum Gasteiger partial charge on any atom is 0.166 e. The maximum atomic E-state index is 12.4. The molecule has 0 aliphatic heterocycles. The van der Waals surface area contributed by atoms with Gasteiger partial charge in [0.1, 0.15) is 17.2 Å². The molecule has 0 radical (unpaired) electrons. The Labute approximate surface area is 141 Å². The monoisotopic (exact) mass is 326 g/mol. The van der Waals surface area contributed by atoms with Gasteiger partial charge >= 0.3 is 0 Å². The summed E-state index contributed by atoms with van der Waals surface area (Å²) in [6.07, 6.45) is 3.02. The van der Waals surface area contributed by atoms with Crippen molar-refractivity contribution in [2.24, 2.45) is 0 Å².